The molecule has 1 heterocycles. The van der Waals surface area contributed by atoms with Crippen LogP contribution in [0.1, 0.15) is 39.0 Å². The second-order valence-corrected chi connectivity index (χ2v) is 6.02. The Morgan fingerprint density at radius 2 is 2.12 bits per heavy atom. The Labute approximate surface area is 147 Å². The van der Waals surface area contributed by atoms with Gasteiger partial charge in [0.1, 0.15) is 17.9 Å². The van der Waals surface area contributed by atoms with Crippen LogP contribution in [-0.2, 0) is 14.4 Å². The standard InChI is InChI=1S/C15H26ClN5O3/c1-10(22)20-12-5-2-3-7-19-14(23)11(21-15(12)24)6-4-8-18-13(17)9-16/h11-12H,2-9H2,1H3,(H2,17,18)(H,19,23)(H,20,22)(H,21,24)/t11-,12?/m0/s1. The van der Waals surface area contributed by atoms with Crippen molar-refractivity contribution in [3.63, 3.8) is 0 Å². The van der Waals surface area contributed by atoms with Crippen molar-refractivity contribution >= 4 is 35.2 Å². The summed E-state index contributed by atoms with van der Waals surface area (Å²) in [5.41, 5.74) is 5.52. The predicted octanol–water partition coefficient (Wildman–Crippen LogP) is -0.348. The van der Waals surface area contributed by atoms with Crippen LogP contribution in [0.2, 0.25) is 0 Å². The van der Waals surface area contributed by atoms with Gasteiger partial charge >= 0.3 is 0 Å². The molecule has 0 saturated carbocycles. The third-order valence-electron chi connectivity index (χ3n) is 3.65. The average Bonchev–Trinajstić information content (AvgIpc) is 2.54. The Balaban J connectivity index is 2.66. The van der Waals surface area contributed by atoms with Crippen LogP contribution in [0.3, 0.4) is 0 Å². The maximum absolute atomic E-state index is 12.3. The average molecular weight is 360 g/mol. The number of nitrogens with zero attached hydrogens (tertiary/aromatic N) is 1. The fourth-order valence-corrected chi connectivity index (χ4v) is 2.51. The van der Waals surface area contributed by atoms with Gasteiger partial charge in [-0.15, -0.1) is 11.6 Å². The lowest BCUT2D eigenvalue weighted by molar-refractivity contribution is -0.132. The highest BCUT2D eigenvalue weighted by atomic mass is 35.5. The number of amidine groups is 1. The molecule has 0 radical (unpaired) electrons. The van der Waals surface area contributed by atoms with E-state index < -0.39 is 12.1 Å². The molecule has 2 atom stereocenters. The zero-order valence-corrected chi connectivity index (χ0v) is 14.7. The minimum atomic E-state index is -0.653. The third-order valence-corrected chi connectivity index (χ3v) is 3.92. The highest BCUT2D eigenvalue weighted by Crippen LogP contribution is 2.06. The van der Waals surface area contributed by atoms with Crippen molar-refractivity contribution in [2.24, 2.45) is 10.7 Å². The number of halogens is 1. The summed E-state index contributed by atoms with van der Waals surface area (Å²) in [4.78, 5) is 39.8. The first-order chi connectivity index (χ1) is 11.4. The molecule has 1 aliphatic heterocycles. The molecule has 1 fully saturated rings. The summed E-state index contributed by atoms with van der Waals surface area (Å²) in [6, 6.07) is -1.26. The number of rotatable bonds is 6. The molecule has 1 rings (SSSR count). The van der Waals surface area contributed by atoms with Crippen LogP contribution in [0.4, 0.5) is 0 Å². The molecule has 0 aliphatic carbocycles. The third kappa shape index (κ3) is 7.63. The summed E-state index contributed by atoms with van der Waals surface area (Å²) in [7, 11) is 0. The van der Waals surface area contributed by atoms with Crippen LogP contribution in [0.5, 0.6) is 0 Å². The molecule has 1 unspecified atom stereocenters. The molecule has 9 heteroatoms. The first-order valence-corrected chi connectivity index (χ1v) is 8.67. The first-order valence-electron chi connectivity index (χ1n) is 8.14. The molecule has 1 saturated heterocycles. The van der Waals surface area contributed by atoms with Gasteiger partial charge in [0.05, 0.1) is 5.88 Å². The zero-order valence-electron chi connectivity index (χ0n) is 13.9. The summed E-state index contributed by atoms with van der Waals surface area (Å²) >= 11 is 5.54. The van der Waals surface area contributed by atoms with Crippen LogP contribution >= 0.6 is 11.6 Å². The van der Waals surface area contributed by atoms with Gasteiger partial charge in [0, 0.05) is 20.0 Å². The van der Waals surface area contributed by atoms with Gasteiger partial charge in [-0.1, -0.05) is 0 Å². The number of nitrogens with two attached hydrogens (primary N) is 1. The van der Waals surface area contributed by atoms with Gasteiger partial charge in [0.15, 0.2) is 0 Å². The van der Waals surface area contributed by atoms with Crippen LogP contribution in [0, 0.1) is 0 Å². The van der Waals surface area contributed by atoms with E-state index in [2.05, 4.69) is 20.9 Å². The SMILES string of the molecule is CC(=O)NC1CCCCNC(=O)[C@H](CCCN=C(N)CCl)NC1=O. The van der Waals surface area contributed by atoms with Gasteiger partial charge in [0.25, 0.3) is 0 Å². The fraction of sp³-hybridized carbons (Fsp3) is 0.733. The Bertz CT molecular complexity index is 484. The molecule has 1 aliphatic rings. The molecule has 3 amide bonds. The summed E-state index contributed by atoms with van der Waals surface area (Å²) in [6.07, 6.45) is 3.07. The second kappa shape index (κ2) is 10.9. The maximum atomic E-state index is 12.3. The summed E-state index contributed by atoms with van der Waals surface area (Å²) < 4.78 is 0. The van der Waals surface area contributed by atoms with Crippen molar-refractivity contribution in [1.29, 1.82) is 0 Å². The van der Waals surface area contributed by atoms with E-state index in [9.17, 15) is 14.4 Å². The number of carbonyl (C=O) groups excluding carboxylic acids is 3. The van der Waals surface area contributed by atoms with Crippen LogP contribution in [0.15, 0.2) is 4.99 Å². The molecule has 0 bridgehead atoms. The first kappa shape index (κ1) is 20.2. The van der Waals surface area contributed by atoms with Crippen molar-refractivity contribution in [2.75, 3.05) is 19.0 Å². The number of alkyl halides is 1. The van der Waals surface area contributed by atoms with Gasteiger partial charge in [-0.25, -0.2) is 0 Å². The monoisotopic (exact) mass is 359 g/mol. The van der Waals surface area contributed by atoms with Crippen LogP contribution in [-0.4, -0.2) is 54.6 Å². The quantitative estimate of drug-likeness (QED) is 0.224. The van der Waals surface area contributed by atoms with E-state index in [0.29, 0.717) is 38.2 Å². The van der Waals surface area contributed by atoms with Gasteiger partial charge in [-0.2, -0.15) is 0 Å². The van der Waals surface area contributed by atoms with Crippen LogP contribution < -0.4 is 21.7 Å². The van der Waals surface area contributed by atoms with Crippen LogP contribution in [0.25, 0.3) is 0 Å². The second-order valence-electron chi connectivity index (χ2n) is 5.75. The van der Waals surface area contributed by atoms with Gasteiger partial charge in [-0.05, 0) is 32.1 Å². The molecule has 5 N–H and O–H groups in total. The minimum Gasteiger partial charge on any atom is -0.386 e. The lowest BCUT2D eigenvalue weighted by Gasteiger charge is -2.24. The van der Waals surface area contributed by atoms with Crippen molar-refractivity contribution in [3.8, 4) is 0 Å². The fourth-order valence-electron chi connectivity index (χ4n) is 2.42. The van der Waals surface area contributed by atoms with Gasteiger partial charge in [-0.3, -0.25) is 19.4 Å². The number of hydrogen-bond acceptors (Lipinski definition) is 4. The largest absolute Gasteiger partial charge is 0.386 e. The summed E-state index contributed by atoms with van der Waals surface area (Å²) in [5.74, 6) is -0.308. The minimum absolute atomic E-state index is 0.166. The van der Waals surface area contributed by atoms with Crippen molar-refractivity contribution in [1.82, 2.24) is 16.0 Å². The van der Waals surface area contributed by atoms with E-state index in [4.69, 9.17) is 17.3 Å². The Kier molecular flexibility index (Phi) is 9.14. The van der Waals surface area contributed by atoms with Crippen molar-refractivity contribution < 1.29 is 14.4 Å². The molecule has 0 aromatic carbocycles. The van der Waals surface area contributed by atoms with Gasteiger partial charge < -0.3 is 21.7 Å². The molecule has 24 heavy (non-hydrogen) atoms. The lowest BCUT2D eigenvalue weighted by atomic mass is 10.0. The Morgan fingerprint density at radius 1 is 1.38 bits per heavy atom. The number of amides is 3. The van der Waals surface area contributed by atoms with E-state index in [1.807, 2.05) is 0 Å². The maximum Gasteiger partial charge on any atom is 0.243 e. The summed E-state index contributed by atoms with van der Waals surface area (Å²) in [6.45, 7) is 2.36. The number of carbonyl (C=O) groups is 3. The van der Waals surface area contributed by atoms with E-state index in [0.717, 1.165) is 12.8 Å². The number of aliphatic imine (C=N–C) groups is 1. The number of hydrogen-bond donors (Lipinski definition) is 4. The Morgan fingerprint density at radius 3 is 2.79 bits per heavy atom. The molecule has 0 spiro atoms. The van der Waals surface area contributed by atoms with E-state index in [-0.39, 0.29) is 23.6 Å². The lowest BCUT2D eigenvalue weighted by Crippen LogP contribution is -2.54. The highest BCUT2D eigenvalue weighted by molar-refractivity contribution is 6.27. The topological polar surface area (TPSA) is 126 Å². The van der Waals surface area contributed by atoms with E-state index in [1.165, 1.54) is 6.92 Å². The Hall–Kier alpha value is -1.83. The molecule has 8 nitrogen and oxygen atoms in total. The molecule has 0 aromatic rings. The highest BCUT2D eigenvalue weighted by Gasteiger charge is 2.26. The van der Waals surface area contributed by atoms with Crippen molar-refractivity contribution in [3.05, 3.63) is 0 Å². The number of nitrogens with one attached hydrogen (secondary N) is 3. The van der Waals surface area contributed by atoms with Gasteiger partial charge in [0.2, 0.25) is 17.7 Å². The zero-order chi connectivity index (χ0) is 17.9. The molecular weight excluding hydrogens is 334 g/mol. The predicted molar refractivity (Wildman–Crippen MR) is 92.8 cm³/mol. The smallest absolute Gasteiger partial charge is 0.243 e. The molecule has 136 valence electrons. The molecular formula is C15H26ClN5O3. The van der Waals surface area contributed by atoms with E-state index >= 15 is 0 Å². The summed E-state index contributed by atoms with van der Waals surface area (Å²) in [5, 5.41) is 8.18. The normalized spacial score (nSPS) is 23.2. The van der Waals surface area contributed by atoms with E-state index in [1.54, 1.807) is 0 Å². The van der Waals surface area contributed by atoms with Crippen molar-refractivity contribution in [2.45, 2.75) is 51.1 Å². The molecule has 0 aromatic heterocycles.